The summed E-state index contributed by atoms with van der Waals surface area (Å²) in [6, 6.07) is -0.297. The summed E-state index contributed by atoms with van der Waals surface area (Å²) in [5.41, 5.74) is -4.82. The van der Waals surface area contributed by atoms with Crippen LogP contribution in [0.25, 0.3) is 0 Å². The zero-order valence-corrected chi connectivity index (χ0v) is 32.9. The predicted molar refractivity (Wildman–Crippen MR) is 186 cm³/mol. The van der Waals surface area contributed by atoms with Crippen molar-refractivity contribution < 1.29 is 63.5 Å². The third-order valence-corrected chi connectivity index (χ3v) is 11.8. The number of cyclic esters (lactones) is 1. The molecular weight excluding hydrogens is 666 g/mol. The molecule has 3 rings (SSSR count). The van der Waals surface area contributed by atoms with Gasteiger partial charge in [0.2, 0.25) is 0 Å². The summed E-state index contributed by atoms with van der Waals surface area (Å²) in [6.45, 7) is 16.5. The molecule has 8 unspecified atom stereocenters. The molecule has 0 radical (unpaired) electrons. The van der Waals surface area contributed by atoms with Crippen LogP contribution in [-0.2, 0) is 38.0 Å². The van der Waals surface area contributed by atoms with Gasteiger partial charge in [0.05, 0.1) is 47.6 Å². The lowest BCUT2D eigenvalue weighted by molar-refractivity contribution is -0.318. The van der Waals surface area contributed by atoms with Crippen LogP contribution >= 0.6 is 0 Å². The third kappa shape index (κ3) is 9.51. The highest BCUT2D eigenvalue weighted by atomic mass is 16.7. The van der Waals surface area contributed by atoms with Crippen molar-refractivity contribution in [3.05, 3.63) is 0 Å². The van der Waals surface area contributed by atoms with Crippen molar-refractivity contribution in [1.29, 1.82) is 0 Å². The summed E-state index contributed by atoms with van der Waals surface area (Å²) < 4.78 is 37.7. The van der Waals surface area contributed by atoms with Gasteiger partial charge in [-0.3, -0.25) is 9.59 Å². The number of aliphatic hydroxyl groups excluding tert-OH is 3. The minimum absolute atomic E-state index is 0.0899. The number of nitrogens with zero attached hydrogens (tertiary/aromatic N) is 1. The lowest BCUT2D eigenvalue weighted by Gasteiger charge is -2.49. The first kappa shape index (κ1) is 44.1. The SMILES string of the molecule is CC[C@H]1OC(=O)[C@H](C)[C@@H](OC2CC(C)(O)C(O)C(C)O2)[C@H](C)[C@@H](OC2OC(C)CC(N(C)C)C2O)[C@](C)(OC)C[C@@H](C)C(=O)[C@H](C)[C@@H](O)[C@]1(C)O. The Morgan fingerprint density at radius 2 is 1.49 bits per heavy atom. The summed E-state index contributed by atoms with van der Waals surface area (Å²) in [4.78, 5) is 29.9. The monoisotopic (exact) mass is 733 g/mol. The molecule has 0 aromatic heterocycles. The molecule has 0 aromatic rings. The van der Waals surface area contributed by atoms with E-state index in [4.69, 9.17) is 28.4 Å². The van der Waals surface area contributed by atoms with Crippen molar-refractivity contribution in [2.75, 3.05) is 21.2 Å². The Balaban J connectivity index is 2.21. The molecule has 5 N–H and O–H groups in total. The summed E-state index contributed by atoms with van der Waals surface area (Å²) in [6.07, 6.45) is -9.69. The van der Waals surface area contributed by atoms with E-state index in [1.54, 1.807) is 41.5 Å². The van der Waals surface area contributed by atoms with E-state index in [0.29, 0.717) is 6.42 Å². The van der Waals surface area contributed by atoms with E-state index in [0.717, 1.165) is 0 Å². The molecular formula is C37H67NO13. The Morgan fingerprint density at radius 3 is 2.02 bits per heavy atom. The topological polar surface area (TPSA) is 194 Å². The van der Waals surface area contributed by atoms with E-state index in [9.17, 15) is 35.1 Å². The van der Waals surface area contributed by atoms with Gasteiger partial charge in [0.1, 0.15) is 29.7 Å². The second kappa shape index (κ2) is 17.0. The average Bonchev–Trinajstić information content (AvgIpc) is 3.05. The van der Waals surface area contributed by atoms with Crippen LogP contribution in [0.2, 0.25) is 0 Å². The van der Waals surface area contributed by atoms with E-state index >= 15 is 0 Å². The van der Waals surface area contributed by atoms with Gasteiger partial charge < -0.3 is 58.9 Å². The quantitative estimate of drug-likeness (QED) is 0.238. The zero-order chi connectivity index (χ0) is 39.0. The summed E-state index contributed by atoms with van der Waals surface area (Å²) in [5, 5.41) is 56.2. The molecule has 3 saturated heterocycles. The lowest BCUT2D eigenvalue weighted by Crippen LogP contribution is -2.61. The van der Waals surface area contributed by atoms with Crippen LogP contribution in [0.1, 0.15) is 94.9 Å². The highest BCUT2D eigenvalue weighted by Gasteiger charge is 2.53. The van der Waals surface area contributed by atoms with Gasteiger partial charge in [-0.15, -0.1) is 0 Å². The third-order valence-electron chi connectivity index (χ3n) is 11.8. The van der Waals surface area contributed by atoms with Gasteiger partial charge in [-0.25, -0.2) is 0 Å². The number of carbonyl (C=O) groups is 2. The van der Waals surface area contributed by atoms with Gasteiger partial charge >= 0.3 is 5.97 Å². The molecule has 3 fully saturated rings. The average molecular weight is 734 g/mol. The number of hydrogen-bond donors (Lipinski definition) is 5. The minimum Gasteiger partial charge on any atom is -0.459 e. The Bertz CT molecular complexity index is 1170. The van der Waals surface area contributed by atoms with Gasteiger partial charge in [0, 0.05) is 37.3 Å². The molecule has 0 spiro atoms. The lowest BCUT2D eigenvalue weighted by atomic mass is 9.74. The van der Waals surface area contributed by atoms with Crippen LogP contribution in [0.4, 0.5) is 0 Å². The van der Waals surface area contributed by atoms with Gasteiger partial charge in [-0.05, 0) is 74.9 Å². The van der Waals surface area contributed by atoms with Crippen LogP contribution in [0.5, 0.6) is 0 Å². The van der Waals surface area contributed by atoms with E-state index in [1.165, 1.54) is 27.9 Å². The van der Waals surface area contributed by atoms with Gasteiger partial charge in [0.15, 0.2) is 12.6 Å². The van der Waals surface area contributed by atoms with Gasteiger partial charge in [0.25, 0.3) is 0 Å². The summed E-state index contributed by atoms with van der Waals surface area (Å²) >= 11 is 0. The Hall–Kier alpha value is -1.30. The highest BCUT2D eigenvalue weighted by Crippen LogP contribution is 2.41. The first-order valence-corrected chi connectivity index (χ1v) is 18.5. The van der Waals surface area contributed by atoms with Crippen molar-refractivity contribution in [2.24, 2.45) is 23.7 Å². The number of ether oxygens (including phenoxy) is 6. The molecule has 0 aliphatic carbocycles. The fourth-order valence-electron chi connectivity index (χ4n) is 8.40. The number of likely N-dealkylation sites (N-methyl/N-ethyl adjacent to an activating group) is 1. The van der Waals surface area contributed by atoms with Crippen LogP contribution < -0.4 is 0 Å². The maximum atomic E-state index is 14.1. The van der Waals surface area contributed by atoms with Crippen LogP contribution in [0.3, 0.4) is 0 Å². The number of hydrogen-bond acceptors (Lipinski definition) is 14. The fourth-order valence-corrected chi connectivity index (χ4v) is 8.40. The Kier molecular flexibility index (Phi) is 14.7. The van der Waals surface area contributed by atoms with Crippen LogP contribution in [-0.4, -0.2) is 148 Å². The molecule has 3 heterocycles. The molecule has 0 saturated carbocycles. The fraction of sp³-hybridized carbons (Fsp3) is 0.946. The van der Waals surface area contributed by atoms with Gasteiger partial charge in [-0.1, -0.05) is 27.7 Å². The van der Waals surface area contributed by atoms with Crippen molar-refractivity contribution in [3.8, 4) is 0 Å². The van der Waals surface area contributed by atoms with E-state index in [2.05, 4.69) is 0 Å². The minimum atomic E-state index is -1.98. The molecule has 3 aliphatic heterocycles. The molecule has 14 heteroatoms. The summed E-state index contributed by atoms with van der Waals surface area (Å²) in [5.74, 6) is -4.63. The molecule has 18 atom stereocenters. The molecule has 0 bridgehead atoms. The van der Waals surface area contributed by atoms with Crippen molar-refractivity contribution in [3.63, 3.8) is 0 Å². The van der Waals surface area contributed by atoms with E-state index in [-0.39, 0.29) is 37.2 Å². The molecule has 14 nitrogen and oxygen atoms in total. The maximum absolute atomic E-state index is 14.1. The standard InChI is InChI=1S/C37H67NO13/c1-14-25-37(10,45)30(41)20(4)27(39)18(2)16-36(9,46-13)32(51-34-28(40)24(38(11)12)15-19(3)47-34)21(5)29(22(6)33(43)49-25)50-26-17-35(8,44)31(42)23(7)48-26/h18-26,28-32,34,40-42,44-45H,14-17H2,1-13H3/t18-,19?,20+,21+,22-,23?,24?,25-,26?,28?,29+,30-,31?,32-,34?,35?,36-,37-/m1/s1. The first-order chi connectivity index (χ1) is 23.4. The number of esters is 1. The number of rotatable bonds is 7. The number of methoxy groups -OCH3 is 1. The Labute approximate surface area is 304 Å². The predicted octanol–water partition coefficient (Wildman–Crippen LogP) is 1.79. The molecule has 298 valence electrons. The first-order valence-electron chi connectivity index (χ1n) is 18.5. The molecule has 0 aromatic carbocycles. The molecule has 51 heavy (non-hydrogen) atoms. The van der Waals surface area contributed by atoms with E-state index in [1.807, 2.05) is 25.9 Å². The molecule has 3 aliphatic rings. The second-order valence-corrected chi connectivity index (χ2v) is 16.5. The Morgan fingerprint density at radius 1 is 0.882 bits per heavy atom. The van der Waals surface area contributed by atoms with Gasteiger partial charge in [-0.2, -0.15) is 0 Å². The number of aliphatic hydroxyl groups is 5. The second-order valence-electron chi connectivity index (χ2n) is 16.5. The van der Waals surface area contributed by atoms with E-state index < -0.39 is 102 Å². The molecule has 0 amide bonds. The van der Waals surface area contributed by atoms with Crippen molar-refractivity contribution in [1.82, 2.24) is 4.90 Å². The largest absolute Gasteiger partial charge is 0.459 e. The zero-order valence-electron chi connectivity index (χ0n) is 32.9. The highest BCUT2D eigenvalue weighted by molar-refractivity contribution is 5.83. The maximum Gasteiger partial charge on any atom is 0.311 e. The number of ketones is 1. The summed E-state index contributed by atoms with van der Waals surface area (Å²) in [7, 11) is 5.22. The van der Waals surface area contributed by atoms with Crippen molar-refractivity contribution in [2.45, 2.75) is 179 Å². The van der Waals surface area contributed by atoms with Crippen LogP contribution in [0, 0.1) is 23.7 Å². The number of Topliss-reactive ketones (excluding diaryl/α,β-unsaturated/α-hetero) is 1. The van der Waals surface area contributed by atoms with Crippen molar-refractivity contribution >= 4 is 11.8 Å². The smallest absolute Gasteiger partial charge is 0.311 e. The number of carbonyl (C=O) groups excluding carboxylic acids is 2. The normalized spacial score (nSPS) is 49.7. The van der Waals surface area contributed by atoms with Crippen LogP contribution in [0.15, 0.2) is 0 Å².